The first-order chi connectivity index (χ1) is 5.47. The minimum Gasteiger partial charge on any atom is -0.229 e. The highest BCUT2D eigenvalue weighted by Crippen LogP contribution is 2.38. The third kappa shape index (κ3) is 2.21. The Labute approximate surface area is 73.3 Å². The van der Waals surface area contributed by atoms with Crippen molar-refractivity contribution in [2.24, 2.45) is 5.41 Å². The molecule has 0 N–H and O–H groups in total. The molecule has 1 aliphatic carbocycles. The van der Waals surface area contributed by atoms with Crippen LogP contribution in [-0.2, 0) is 9.84 Å². The molecule has 0 aromatic carbocycles. The fourth-order valence-electron chi connectivity index (χ4n) is 1.84. The Morgan fingerprint density at radius 3 is 2.25 bits per heavy atom. The van der Waals surface area contributed by atoms with Crippen LogP contribution >= 0.6 is 0 Å². The van der Waals surface area contributed by atoms with Crippen molar-refractivity contribution in [3.05, 3.63) is 0 Å². The maximum absolute atomic E-state index is 11.0. The smallest absolute Gasteiger partial charge is 0.149 e. The van der Waals surface area contributed by atoms with E-state index >= 15 is 0 Å². The summed E-state index contributed by atoms with van der Waals surface area (Å²) in [6.45, 7) is 0. The Hall–Kier alpha value is -0.560. The third-order valence-electron chi connectivity index (χ3n) is 2.34. The molecule has 1 fully saturated rings. The van der Waals surface area contributed by atoms with Crippen molar-refractivity contribution >= 4 is 9.84 Å². The summed E-state index contributed by atoms with van der Waals surface area (Å²) < 4.78 is 22.0. The van der Waals surface area contributed by atoms with Crippen LogP contribution in [0.2, 0.25) is 0 Å². The minimum atomic E-state index is -3.00. The Kier molecular flexibility index (Phi) is 2.43. The summed E-state index contributed by atoms with van der Waals surface area (Å²) in [5.74, 6) is 0.0382. The molecular weight excluding hydrogens is 174 g/mol. The van der Waals surface area contributed by atoms with Crippen molar-refractivity contribution in [3.63, 3.8) is 0 Å². The molecule has 1 aliphatic rings. The lowest BCUT2D eigenvalue weighted by Gasteiger charge is -2.17. The van der Waals surface area contributed by atoms with Gasteiger partial charge in [0.05, 0.1) is 17.2 Å². The first-order valence-electron chi connectivity index (χ1n) is 4.06. The fraction of sp³-hybridized carbons (Fsp3) is 0.875. The van der Waals surface area contributed by atoms with E-state index in [0.717, 1.165) is 25.7 Å². The molecule has 1 rings (SSSR count). The normalized spacial score (nSPS) is 22.0. The Morgan fingerprint density at radius 1 is 1.42 bits per heavy atom. The largest absolute Gasteiger partial charge is 0.229 e. The monoisotopic (exact) mass is 187 g/mol. The molecule has 0 radical (unpaired) electrons. The average Bonchev–Trinajstić information content (AvgIpc) is 2.34. The van der Waals surface area contributed by atoms with E-state index in [1.54, 1.807) is 0 Å². The predicted octanol–water partition coefficient (Wildman–Crippen LogP) is 1.11. The molecule has 0 atom stereocenters. The van der Waals surface area contributed by atoms with Gasteiger partial charge in [-0.3, -0.25) is 0 Å². The van der Waals surface area contributed by atoms with Crippen molar-refractivity contribution in [1.82, 2.24) is 0 Å². The fourth-order valence-corrected chi connectivity index (χ4v) is 3.20. The standard InChI is InChI=1S/C8H13NO2S/c1-12(10,11)7-8(6-9)4-2-3-5-8/h2-5,7H2,1H3. The van der Waals surface area contributed by atoms with E-state index in [0.29, 0.717) is 0 Å². The van der Waals surface area contributed by atoms with Gasteiger partial charge in [0, 0.05) is 6.26 Å². The van der Waals surface area contributed by atoms with Gasteiger partial charge < -0.3 is 0 Å². The quantitative estimate of drug-likeness (QED) is 0.650. The van der Waals surface area contributed by atoms with Crippen molar-refractivity contribution in [1.29, 1.82) is 5.26 Å². The van der Waals surface area contributed by atoms with Crippen molar-refractivity contribution in [2.75, 3.05) is 12.0 Å². The van der Waals surface area contributed by atoms with Gasteiger partial charge in [0.2, 0.25) is 0 Å². The zero-order valence-corrected chi connectivity index (χ0v) is 8.02. The van der Waals surface area contributed by atoms with E-state index < -0.39 is 15.3 Å². The lowest BCUT2D eigenvalue weighted by molar-refractivity contribution is 0.457. The zero-order valence-electron chi connectivity index (χ0n) is 7.21. The molecule has 0 aromatic rings. The summed E-state index contributed by atoms with van der Waals surface area (Å²) in [6, 6.07) is 2.15. The van der Waals surface area contributed by atoms with Crippen LogP contribution in [-0.4, -0.2) is 20.4 Å². The van der Waals surface area contributed by atoms with E-state index in [-0.39, 0.29) is 5.75 Å². The summed E-state index contributed by atoms with van der Waals surface area (Å²) >= 11 is 0. The van der Waals surface area contributed by atoms with Gasteiger partial charge in [-0.1, -0.05) is 12.8 Å². The van der Waals surface area contributed by atoms with E-state index in [4.69, 9.17) is 5.26 Å². The molecule has 0 bridgehead atoms. The van der Waals surface area contributed by atoms with Crippen molar-refractivity contribution < 1.29 is 8.42 Å². The van der Waals surface area contributed by atoms with Gasteiger partial charge >= 0.3 is 0 Å². The Bertz CT molecular complexity index is 294. The Morgan fingerprint density at radius 2 is 1.92 bits per heavy atom. The molecule has 1 saturated carbocycles. The van der Waals surface area contributed by atoms with E-state index in [1.807, 2.05) is 0 Å². The molecule has 12 heavy (non-hydrogen) atoms. The van der Waals surface area contributed by atoms with Crippen LogP contribution in [0.1, 0.15) is 25.7 Å². The van der Waals surface area contributed by atoms with Gasteiger partial charge in [-0.15, -0.1) is 0 Å². The van der Waals surface area contributed by atoms with Crippen molar-refractivity contribution in [2.45, 2.75) is 25.7 Å². The van der Waals surface area contributed by atoms with Crippen LogP contribution in [0.4, 0.5) is 0 Å². The summed E-state index contributed by atoms with van der Waals surface area (Å²) in [6.07, 6.45) is 4.67. The summed E-state index contributed by atoms with van der Waals surface area (Å²) in [7, 11) is -3.00. The second-order valence-electron chi connectivity index (χ2n) is 3.67. The summed E-state index contributed by atoms with van der Waals surface area (Å²) in [4.78, 5) is 0. The van der Waals surface area contributed by atoms with Gasteiger partial charge in [-0.2, -0.15) is 5.26 Å². The zero-order chi connectivity index (χ0) is 9.24. The highest BCUT2D eigenvalue weighted by atomic mass is 32.2. The van der Waals surface area contributed by atoms with Gasteiger partial charge in [0.15, 0.2) is 0 Å². The lowest BCUT2D eigenvalue weighted by atomic mass is 9.91. The minimum absolute atomic E-state index is 0.0382. The molecule has 68 valence electrons. The van der Waals surface area contributed by atoms with Crippen LogP contribution < -0.4 is 0 Å². The highest BCUT2D eigenvalue weighted by molar-refractivity contribution is 7.90. The number of sulfone groups is 1. The molecule has 0 spiro atoms. The second-order valence-corrected chi connectivity index (χ2v) is 5.81. The molecule has 0 amide bonds. The first kappa shape index (κ1) is 9.53. The maximum Gasteiger partial charge on any atom is 0.149 e. The van der Waals surface area contributed by atoms with E-state index in [9.17, 15) is 8.42 Å². The Balaban J connectivity index is 2.77. The SMILES string of the molecule is CS(=O)(=O)CC1(C#N)CCCC1. The average molecular weight is 187 g/mol. The van der Waals surface area contributed by atoms with Crippen LogP contribution in [0.25, 0.3) is 0 Å². The molecule has 0 saturated heterocycles. The molecule has 0 aromatic heterocycles. The van der Waals surface area contributed by atoms with Gasteiger partial charge in [0.25, 0.3) is 0 Å². The second kappa shape index (κ2) is 3.06. The van der Waals surface area contributed by atoms with E-state index in [2.05, 4.69) is 6.07 Å². The number of hydrogen-bond acceptors (Lipinski definition) is 3. The molecule has 0 aliphatic heterocycles. The van der Waals surface area contributed by atoms with Crippen LogP contribution in [0.3, 0.4) is 0 Å². The molecule has 3 nitrogen and oxygen atoms in total. The number of nitriles is 1. The first-order valence-corrected chi connectivity index (χ1v) is 6.13. The predicted molar refractivity (Wildman–Crippen MR) is 46.2 cm³/mol. The highest BCUT2D eigenvalue weighted by Gasteiger charge is 2.36. The van der Waals surface area contributed by atoms with Crippen LogP contribution in [0, 0.1) is 16.7 Å². The van der Waals surface area contributed by atoms with Gasteiger partial charge in [0.1, 0.15) is 9.84 Å². The van der Waals surface area contributed by atoms with Gasteiger partial charge in [-0.25, -0.2) is 8.42 Å². The lowest BCUT2D eigenvalue weighted by Crippen LogP contribution is -2.24. The summed E-state index contributed by atoms with van der Waals surface area (Å²) in [5, 5.41) is 8.87. The van der Waals surface area contributed by atoms with Crippen LogP contribution in [0.15, 0.2) is 0 Å². The van der Waals surface area contributed by atoms with Crippen molar-refractivity contribution in [3.8, 4) is 6.07 Å². The van der Waals surface area contributed by atoms with E-state index in [1.165, 1.54) is 6.26 Å². The number of hydrogen-bond donors (Lipinski definition) is 0. The number of rotatable bonds is 2. The molecule has 0 unspecified atom stereocenters. The topological polar surface area (TPSA) is 57.9 Å². The molecule has 4 heteroatoms. The number of nitrogens with zero attached hydrogens (tertiary/aromatic N) is 1. The third-order valence-corrected chi connectivity index (χ3v) is 3.41. The van der Waals surface area contributed by atoms with Crippen LogP contribution in [0.5, 0.6) is 0 Å². The molecular formula is C8H13NO2S. The maximum atomic E-state index is 11.0. The van der Waals surface area contributed by atoms with Gasteiger partial charge in [-0.05, 0) is 12.8 Å². The molecule has 0 heterocycles. The summed E-state index contributed by atoms with van der Waals surface area (Å²) in [5.41, 5.74) is -0.562.